The van der Waals surface area contributed by atoms with Crippen molar-refractivity contribution < 1.29 is 17.5 Å². The van der Waals surface area contributed by atoms with Crippen LogP contribution in [0.15, 0.2) is 78.7 Å². The average molecular weight is 386 g/mol. The van der Waals surface area contributed by atoms with Crippen LogP contribution in [-0.4, -0.2) is 18.3 Å². The van der Waals surface area contributed by atoms with Crippen molar-refractivity contribution in [1.29, 1.82) is 0 Å². The smallest absolute Gasteiger partial charge is 0.399 e. The molecule has 0 radical (unpaired) electrons. The second kappa shape index (κ2) is 6.45. The number of hydrogen-bond acceptors (Lipinski definition) is 2. The fourth-order valence-corrected chi connectivity index (χ4v) is 3.68. The molecule has 2 nitrogen and oxygen atoms in total. The van der Waals surface area contributed by atoms with Gasteiger partial charge in [-0.25, -0.2) is 0 Å². The molecule has 0 unspecified atom stereocenters. The van der Waals surface area contributed by atoms with Crippen molar-refractivity contribution in [3.63, 3.8) is 0 Å². The predicted molar refractivity (Wildman–Crippen MR) is 123 cm³/mol. The Labute approximate surface area is 181 Å². The minimum Gasteiger partial charge on any atom is -0.399 e. The minimum absolute atomic E-state index is 0.0395. The van der Waals surface area contributed by atoms with Crippen molar-refractivity contribution >= 4 is 34.1 Å². The molecule has 3 heteroatoms. The molecule has 1 saturated heterocycles. The first-order valence-corrected chi connectivity index (χ1v) is 9.74. The third kappa shape index (κ3) is 2.97. The molecule has 0 aromatic heterocycles. The maximum absolute atomic E-state index is 9.26. The zero-order valence-corrected chi connectivity index (χ0v) is 16.9. The van der Waals surface area contributed by atoms with Crippen LogP contribution >= 0.6 is 0 Å². The summed E-state index contributed by atoms with van der Waals surface area (Å²) in [6.07, 6.45) is 0. The molecule has 0 N–H and O–H groups in total. The highest BCUT2D eigenvalue weighted by molar-refractivity contribution is 6.62. The Kier molecular flexibility index (Phi) is 2.86. The SMILES string of the molecule is [2H]c1c([2H])c([2H])c2c(-c3cccc4ccccc34)c([2H])c(B3OC(C)(C)C(C)(C)O3)c([2H])c2c1[2H]. The first-order chi connectivity index (χ1) is 16.4. The summed E-state index contributed by atoms with van der Waals surface area (Å²) in [5, 5.41) is 1.99. The van der Waals surface area contributed by atoms with Gasteiger partial charge in [-0.15, -0.1) is 0 Å². The Morgan fingerprint density at radius 2 is 1.41 bits per heavy atom. The van der Waals surface area contributed by atoms with Crippen LogP contribution in [0.1, 0.15) is 35.9 Å². The lowest BCUT2D eigenvalue weighted by atomic mass is 9.76. The molecule has 29 heavy (non-hydrogen) atoms. The zero-order valence-electron chi connectivity index (χ0n) is 22.9. The van der Waals surface area contributed by atoms with E-state index in [2.05, 4.69) is 0 Å². The second-order valence-electron chi connectivity index (χ2n) is 8.40. The fraction of sp³-hybridized carbons (Fsp3) is 0.231. The van der Waals surface area contributed by atoms with Gasteiger partial charge < -0.3 is 9.31 Å². The molecule has 1 aliphatic rings. The molecule has 0 aliphatic carbocycles. The number of benzene rings is 4. The molecule has 1 aliphatic heterocycles. The lowest BCUT2D eigenvalue weighted by Crippen LogP contribution is -2.41. The van der Waals surface area contributed by atoms with E-state index in [1.54, 1.807) is 0 Å². The molecular weight excluding hydrogens is 355 g/mol. The monoisotopic (exact) mass is 386 g/mol. The third-order valence-corrected chi connectivity index (χ3v) is 6.00. The summed E-state index contributed by atoms with van der Waals surface area (Å²) in [6.45, 7) is 7.55. The molecule has 5 rings (SSSR count). The van der Waals surface area contributed by atoms with Gasteiger partial charge in [0.15, 0.2) is 0 Å². The highest BCUT2D eigenvalue weighted by Gasteiger charge is 2.51. The Morgan fingerprint density at radius 1 is 0.724 bits per heavy atom. The topological polar surface area (TPSA) is 18.5 Å². The van der Waals surface area contributed by atoms with E-state index in [0.29, 0.717) is 11.1 Å². The van der Waals surface area contributed by atoms with Gasteiger partial charge in [-0.2, -0.15) is 0 Å². The van der Waals surface area contributed by atoms with E-state index in [-0.39, 0.29) is 40.4 Å². The molecular formula is C26H25BO2. The number of fused-ring (bicyclic) bond motifs is 2. The van der Waals surface area contributed by atoms with Crippen LogP contribution in [0.2, 0.25) is 0 Å². The van der Waals surface area contributed by atoms with Gasteiger partial charge in [0.1, 0.15) is 0 Å². The summed E-state index contributed by atoms with van der Waals surface area (Å²) >= 11 is 0. The normalized spacial score (nSPS) is 20.8. The standard InChI is InChI=1S/C26H25BO2/c1-25(2)26(3,4)29-27(28-25)20-16-19-11-6-8-14-22(19)24(17-20)23-15-9-12-18-10-5-7-13-21(18)23/h5-17H,1-4H3/i6D,8D,11D,14D,16D,17D. The second-order valence-corrected chi connectivity index (χ2v) is 8.40. The van der Waals surface area contributed by atoms with Gasteiger partial charge in [0.05, 0.1) is 19.4 Å². The first-order valence-electron chi connectivity index (χ1n) is 12.7. The molecule has 144 valence electrons. The highest BCUT2D eigenvalue weighted by atomic mass is 16.7. The Hall–Kier alpha value is -2.62. The van der Waals surface area contributed by atoms with Crippen molar-refractivity contribution in [1.82, 2.24) is 0 Å². The summed E-state index contributed by atoms with van der Waals surface area (Å²) in [5.41, 5.74) is -0.267. The lowest BCUT2D eigenvalue weighted by molar-refractivity contribution is 0.00578. The molecule has 0 saturated carbocycles. The van der Waals surface area contributed by atoms with E-state index < -0.39 is 30.4 Å². The first kappa shape index (κ1) is 12.8. The van der Waals surface area contributed by atoms with E-state index in [1.807, 2.05) is 70.2 Å². The van der Waals surface area contributed by atoms with Gasteiger partial charge >= 0.3 is 7.12 Å². The van der Waals surface area contributed by atoms with Crippen LogP contribution in [0, 0.1) is 0 Å². The largest absolute Gasteiger partial charge is 0.494 e. The van der Waals surface area contributed by atoms with Crippen LogP contribution < -0.4 is 5.46 Å². The summed E-state index contributed by atoms with van der Waals surface area (Å²) < 4.78 is 64.5. The Bertz CT molecular complexity index is 1510. The molecule has 1 heterocycles. The lowest BCUT2D eigenvalue weighted by Gasteiger charge is -2.32. The van der Waals surface area contributed by atoms with Gasteiger partial charge in [-0.3, -0.25) is 0 Å². The summed E-state index contributed by atoms with van der Waals surface area (Å²) in [4.78, 5) is 0. The molecule has 1 fully saturated rings. The number of hydrogen-bond donors (Lipinski definition) is 0. The maximum atomic E-state index is 9.26. The number of rotatable bonds is 2. The van der Waals surface area contributed by atoms with Crippen LogP contribution in [0.25, 0.3) is 32.7 Å². The van der Waals surface area contributed by atoms with E-state index in [1.165, 1.54) is 0 Å². The third-order valence-electron chi connectivity index (χ3n) is 6.00. The van der Waals surface area contributed by atoms with Crippen molar-refractivity contribution in [3.8, 4) is 11.1 Å². The van der Waals surface area contributed by atoms with Crippen LogP contribution in [0.4, 0.5) is 0 Å². The molecule has 0 spiro atoms. The van der Waals surface area contributed by atoms with E-state index in [9.17, 15) is 1.37 Å². The summed E-state index contributed by atoms with van der Waals surface area (Å²) in [6, 6.07) is 11.7. The van der Waals surface area contributed by atoms with Gasteiger partial charge in [-0.05, 0) is 65.8 Å². The van der Waals surface area contributed by atoms with Gasteiger partial charge in [0, 0.05) is 0 Å². The van der Waals surface area contributed by atoms with Crippen molar-refractivity contribution in [2.75, 3.05) is 0 Å². The van der Waals surface area contributed by atoms with Gasteiger partial charge in [0.2, 0.25) is 0 Å². The quantitative estimate of drug-likeness (QED) is 0.396. The van der Waals surface area contributed by atoms with E-state index >= 15 is 0 Å². The van der Waals surface area contributed by atoms with Crippen molar-refractivity contribution in [3.05, 3.63) is 78.7 Å². The summed E-state index contributed by atoms with van der Waals surface area (Å²) in [7, 11) is -1.03. The molecule has 4 aromatic rings. The van der Waals surface area contributed by atoms with Crippen molar-refractivity contribution in [2.45, 2.75) is 38.9 Å². The fourth-order valence-electron chi connectivity index (χ4n) is 3.68. The van der Waals surface area contributed by atoms with Crippen LogP contribution in [0.5, 0.6) is 0 Å². The highest BCUT2D eigenvalue weighted by Crippen LogP contribution is 2.38. The molecule has 0 atom stereocenters. The minimum atomic E-state index is -1.03. The molecule has 0 bridgehead atoms. The van der Waals surface area contributed by atoms with Gasteiger partial charge in [0.25, 0.3) is 0 Å². The maximum Gasteiger partial charge on any atom is 0.494 e. The van der Waals surface area contributed by atoms with Crippen molar-refractivity contribution in [2.24, 2.45) is 0 Å². The van der Waals surface area contributed by atoms with Crippen LogP contribution in [-0.2, 0) is 9.31 Å². The van der Waals surface area contributed by atoms with Crippen LogP contribution in [0.3, 0.4) is 0 Å². The predicted octanol–water partition coefficient (Wildman–Crippen LogP) is 5.96. The zero-order chi connectivity index (χ0) is 25.4. The Balaban J connectivity index is 1.97. The van der Waals surface area contributed by atoms with Gasteiger partial charge in [-0.1, -0.05) is 78.7 Å². The molecule has 4 aromatic carbocycles. The van der Waals surface area contributed by atoms with E-state index in [4.69, 9.17) is 16.2 Å². The van der Waals surface area contributed by atoms with E-state index in [0.717, 1.165) is 10.8 Å². The Morgan fingerprint density at radius 3 is 2.21 bits per heavy atom. The average Bonchev–Trinajstić information content (AvgIpc) is 3.02. The molecule has 0 amide bonds. The summed E-state index contributed by atoms with van der Waals surface area (Å²) in [5.74, 6) is 0.